The maximum absolute atomic E-state index is 11.1. The smallest absolute Gasteiger partial charge is 0.320 e. The Morgan fingerprint density at radius 3 is 2.68 bits per heavy atom. The molecule has 6 heteroatoms. The Balaban J connectivity index is 1.90. The number of hydrogen-bond acceptors (Lipinski definition) is 5. The lowest BCUT2D eigenvalue weighted by atomic mass is 10.1. The van der Waals surface area contributed by atoms with E-state index >= 15 is 0 Å². The Kier molecular flexibility index (Phi) is 5.85. The molecule has 1 heterocycles. The molecular formula is C16H19N3O3. The van der Waals surface area contributed by atoms with Gasteiger partial charge in [0.2, 0.25) is 5.88 Å². The van der Waals surface area contributed by atoms with Crippen LogP contribution in [0.25, 0.3) is 0 Å². The molecule has 0 aliphatic carbocycles. The van der Waals surface area contributed by atoms with E-state index in [1.807, 2.05) is 31.2 Å². The minimum Gasteiger partial charge on any atom is -0.480 e. The largest absolute Gasteiger partial charge is 0.480 e. The number of carbonyl (C=O) groups is 1. The first-order valence-corrected chi connectivity index (χ1v) is 7.18. The van der Waals surface area contributed by atoms with E-state index in [1.54, 1.807) is 12.4 Å². The van der Waals surface area contributed by atoms with E-state index in [1.165, 1.54) is 6.20 Å². The van der Waals surface area contributed by atoms with Crippen LogP contribution in [0.4, 0.5) is 0 Å². The second-order valence-corrected chi connectivity index (χ2v) is 4.85. The maximum atomic E-state index is 11.1. The highest BCUT2D eigenvalue weighted by Crippen LogP contribution is 2.18. The predicted octanol–water partition coefficient (Wildman–Crippen LogP) is 2.61. The summed E-state index contributed by atoms with van der Waals surface area (Å²) in [5.74, 6) is 0.277. The van der Waals surface area contributed by atoms with Crippen molar-refractivity contribution in [3.63, 3.8) is 0 Å². The van der Waals surface area contributed by atoms with Crippen molar-refractivity contribution in [2.45, 2.75) is 32.4 Å². The molecule has 0 bridgehead atoms. The molecule has 22 heavy (non-hydrogen) atoms. The first kappa shape index (κ1) is 15.9. The van der Waals surface area contributed by atoms with Crippen molar-refractivity contribution in [1.29, 1.82) is 0 Å². The molecule has 0 aliphatic heterocycles. The zero-order valence-corrected chi connectivity index (χ0v) is 12.4. The minimum atomic E-state index is -0.815. The number of rotatable bonds is 8. The van der Waals surface area contributed by atoms with E-state index in [0.717, 1.165) is 12.0 Å². The van der Waals surface area contributed by atoms with E-state index < -0.39 is 12.0 Å². The number of hydrogen-bond donors (Lipinski definition) is 2. The van der Waals surface area contributed by atoms with Crippen molar-refractivity contribution in [3.8, 4) is 11.6 Å². The van der Waals surface area contributed by atoms with Gasteiger partial charge in [-0.1, -0.05) is 25.5 Å². The molecule has 0 saturated heterocycles. The summed E-state index contributed by atoms with van der Waals surface area (Å²) in [5.41, 5.74) is 0.994. The van der Waals surface area contributed by atoms with Crippen molar-refractivity contribution in [2.75, 3.05) is 0 Å². The lowest BCUT2D eigenvalue weighted by molar-refractivity contribution is -0.139. The van der Waals surface area contributed by atoms with Gasteiger partial charge < -0.3 is 15.2 Å². The SMILES string of the molecule is CCCC(NCc1ccc(Oc2cnccn2)cc1)C(=O)O. The highest BCUT2D eigenvalue weighted by atomic mass is 16.5. The van der Waals surface area contributed by atoms with Crippen LogP contribution >= 0.6 is 0 Å². The minimum absolute atomic E-state index is 0.433. The molecule has 116 valence electrons. The van der Waals surface area contributed by atoms with E-state index in [4.69, 9.17) is 9.84 Å². The number of carboxylic acids is 1. The number of benzene rings is 1. The summed E-state index contributed by atoms with van der Waals surface area (Å²) in [7, 11) is 0. The van der Waals surface area contributed by atoms with Crippen molar-refractivity contribution in [2.24, 2.45) is 0 Å². The Morgan fingerprint density at radius 1 is 1.32 bits per heavy atom. The van der Waals surface area contributed by atoms with Gasteiger partial charge in [0.25, 0.3) is 0 Å². The summed E-state index contributed by atoms with van der Waals surface area (Å²) in [6.07, 6.45) is 6.12. The zero-order valence-electron chi connectivity index (χ0n) is 12.4. The molecule has 0 spiro atoms. The highest BCUT2D eigenvalue weighted by Gasteiger charge is 2.14. The van der Waals surface area contributed by atoms with Crippen LogP contribution in [0, 0.1) is 0 Å². The normalized spacial score (nSPS) is 11.9. The molecule has 0 fully saturated rings. The first-order valence-electron chi connectivity index (χ1n) is 7.18. The van der Waals surface area contributed by atoms with Crippen molar-refractivity contribution in [1.82, 2.24) is 15.3 Å². The van der Waals surface area contributed by atoms with E-state index in [9.17, 15) is 4.79 Å². The Hall–Kier alpha value is -2.47. The third-order valence-electron chi connectivity index (χ3n) is 3.11. The van der Waals surface area contributed by atoms with Crippen LogP contribution in [0.2, 0.25) is 0 Å². The molecule has 1 unspecified atom stereocenters. The number of aromatic nitrogens is 2. The van der Waals surface area contributed by atoms with Crippen LogP contribution in [-0.4, -0.2) is 27.1 Å². The summed E-state index contributed by atoms with van der Waals surface area (Å²) < 4.78 is 5.55. The third kappa shape index (κ3) is 4.82. The van der Waals surface area contributed by atoms with Crippen LogP contribution in [0.1, 0.15) is 25.3 Å². The monoisotopic (exact) mass is 301 g/mol. The van der Waals surface area contributed by atoms with Gasteiger partial charge in [0.15, 0.2) is 0 Å². The average molecular weight is 301 g/mol. The van der Waals surface area contributed by atoms with Gasteiger partial charge in [-0.15, -0.1) is 0 Å². The fourth-order valence-electron chi connectivity index (χ4n) is 1.98. The van der Waals surface area contributed by atoms with Gasteiger partial charge in [-0.25, -0.2) is 4.98 Å². The second-order valence-electron chi connectivity index (χ2n) is 4.85. The van der Waals surface area contributed by atoms with E-state index in [2.05, 4.69) is 15.3 Å². The quantitative estimate of drug-likeness (QED) is 0.779. The Labute approximate surface area is 129 Å². The molecule has 2 rings (SSSR count). The summed E-state index contributed by atoms with van der Waals surface area (Å²) in [5, 5.41) is 12.1. The summed E-state index contributed by atoms with van der Waals surface area (Å²) in [6, 6.07) is 6.91. The molecule has 0 saturated carbocycles. The van der Waals surface area contributed by atoms with Gasteiger partial charge in [0.05, 0.1) is 6.20 Å². The number of ether oxygens (including phenoxy) is 1. The van der Waals surface area contributed by atoms with Gasteiger partial charge in [0.1, 0.15) is 11.8 Å². The average Bonchev–Trinajstić information content (AvgIpc) is 2.53. The van der Waals surface area contributed by atoms with Crippen molar-refractivity contribution >= 4 is 5.97 Å². The number of nitrogens with zero attached hydrogens (tertiary/aromatic N) is 2. The molecule has 0 radical (unpaired) electrons. The lowest BCUT2D eigenvalue weighted by Crippen LogP contribution is -2.35. The summed E-state index contributed by atoms with van der Waals surface area (Å²) in [6.45, 7) is 2.47. The maximum Gasteiger partial charge on any atom is 0.320 e. The molecule has 1 atom stereocenters. The van der Waals surface area contributed by atoms with Crippen LogP contribution in [-0.2, 0) is 11.3 Å². The summed E-state index contributed by atoms with van der Waals surface area (Å²) in [4.78, 5) is 19.0. The molecule has 0 aliphatic rings. The molecule has 6 nitrogen and oxygen atoms in total. The van der Waals surface area contributed by atoms with Crippen LogP contribution in [0.3, 0.4) is 0 Å². The molecular weight excluding hydrogens is 282 g/mol. The zero-order chi connectivity index (χ0) is 15.8. The molecule has 1 aromatic carbocycles. The van der Waals surface area contributed by atoms with Crippen molar-refractivity contribution < 1.29 is 14.6 Å². The molecule has 1 aromatic heterocycles. The summed E-state index contributed by atoms with van der Waals surface area (Å²) >= 11 is 0. The Morgan fingerprint density at radius 2 is 2.09 bits per heavy atom. The van der Waals surface area contributed by atoms with Crippen LogP contribution in [0.15, 0.2) is 42.9 Å². The third-order valence-corrected chi connectivity index (χ3v) is 3.11. The topological polar surface area (TPSA) is 84.3 Å². The molecule has 2 N–H and O–H groups in total. The van der Waals surface area contributed by atoms with Gasteiger partial charge in [0, 0.05) is 18.9 Å². The number of carboxylic acid groups (broad SMARTS) is 1. The first-order chi connectivity index (χ1) is 10.7. The van der Waals surface area contributed by atoms with Crippen LogP contribution in [0.5, 0.6) is 11.6 Å². The van der Waals surface area contributed by atoms with Gasteiger partial charge in [-0.3, -0.25) is 9.78 Å². The predicted molar refractivity (Wildman–Crippen MR) is 81.7 cm³/mol. The van der Waals surface area contributed by atoms with Gasteiger partial charge in [-0.2, -0.15) is 0 Å². The Bertz CT molecular complexity index is 587. The van der Waals surface area contributed by atoms with Crippen LogP contribution < -0.4 is 10.1 Å². The number of nitrogens with one attached hydrogen (secondary N) is 1. The molecule has 0 amide bonds. The highest BCUT2D eigenvalue weighted by molar-refractivity contribution is 5.73. The fraction of sp³-hybridized carbons (Fsp3) is 0.312. The fourth-order valence-corrected chi connectivity index (χ4v) is 1.98. The van der Waals surface area contributed by atoms with E-state index in [0.29, 0.717) is 24.6 Å². The lowest BCUT2D eigenvalue weighted by Gasteiger charge is -2.13. The van der Waals surface area contributed by atoms with Gasteiger partial charge in [-0.05, 0) is 24.1 Å². The molecule has 2 aromatic rings. The van der Waals surface area contributed by atoms with Crippen molar-refractivity contribution in [3.05, 3.63) is 48.4 Å². The number of aliphatic carboxylic acids is 1. The van der Waals surface area contributed by atoms with E-state index in [-0.39, 0.29) is 0 Å². The van der Waals surface area contributed by atoms with Gasteiger partial charge >= 0.3 is 5.97 Å². The standard InChI is InChI=1S/C16H19N3O3/c1-2-3-14(16(20)21)19-10-12-4-6-13(7-5-12)22-15-11-17-8-9-18-15/h4-9,11,14,19H,2-3,10H2,1H3,(H,20,21). The second kappa shape index (κ2) is 8.09.